The average molecular weight is 372 g/mol. The summed E-state index contributed by atoms with van der Waals surface area (Å²) in [6.45, 7) is -0.464. The Kier molecular flexibility index (Phi) is 4.49. The van der Waals surface area contributed by atoms with Crippen molar-refractivity contribution in [3.63, 3.8) is 0 Å². The number of aromatic nitrogens is 5. The molecule has 3 heterocycles. The fraction of sp³-hybridized carbons (Fsp3) is 0.312. The SMILES string of the molecule is O=C(Nc1ncnc2c1nnn2[C@@H]1O[C@H](CO)C(O)[C@@H]1O)c1ccccc1. The molecular formula is C16H16N6O5. The normalized spacial score (nSPS) is 25.0. The van der Waals surface area contributed by atoms with Gasteiger partial charge in [0.05, 0.1) is 6.61 Å². The standard InChI is InChI=1S/C16H16N6O5/c23-6-9-11(24)12(25)16(27-9)22-14-10(20-21-22)13(17-7-18-14)19-15(26)8-4-2-1-3-5-8/h1-5,7,9,11-12,16,23-25H,6H2,(H,17,18,19,26)/t9-,11?,12+,16-/m1/s1. The van der Waals surface area contributed by atoms with Gasteiger partial charge in [-0.25, -0.2) is 9.97 Å². The Labute approximate surface area is 152 Å². The number of anilines is 1. The first-order chi connectivity index (χ1) is 13.1. The van der Waals surface area contributed by atoms with Gasteiger partial charge in [0, 0.05) is 5.56 Å². The smallest absolute Gasteiger partial charge is 0.256 e. The predicted octanol–water partition coefficient (Wildman–Crippen LogP) is -0.915. The van der Waals surface area contributed by atoms with Gasteiger partial charge in [0.15, 0.2) is 23.2 Å². The second-order valence-corrected chi connectivity index (χ2v) is 5.98. The fourth-order valence-corrected chi connectivity index (χ4v) is 2.88. The van der Waals surface area contributed by atoms with Crippen molar-refractivity contribution in [2.24, 2.45) is 0 Å². The zero-order valence-corrected chi connectivity index (χ0v) is 13.9. The molecule has 2 aromatic heterocycles. The number of ether oxygens (including phenoxy) is 1. The van der Waals surface area contributed by atoms with Crippen LogP contribution in [0.5, 0.6) is 0 Å². The molecule has 1 fully saturated rings. The van der Waals surface area contributed by atoms with E-state index in [0.717, 1.165) is 0 Å². The van der Waals surface area contributed by atoms with E-state index in [-0.39, 0.29) is 22.9 Å². The topological polar surface area (TPSA) is 156 Å². The molecule has 1 saturated heterocycles. The van der Waals surface area contributed by atoms with Crippen molar-refractivity contribution >= 4 is 22.9 Å². The van der Waals surface area contributed by atoms with Gasteiger partial charge < -0.3 is 25.4 Å². The molecule has 1 amide bonds. The summed E-state index contributed by atoms with van der Waals surface area (Å²) in [5.41, 5.74) is 0.836. The molecule has 11 nitrogen and oxygen atoms in total. The molecule has 11 heteroatoms. The number of benzene rings is 1. The van der Waals surface area contributed by atoms with Crippen LogP contribution in [0.3, 0.4) is 0 Å². The van der Waals surface area contributed by atoms with Crippen molar-refractivity contribution < 1.29 is 24.9 Å². The maximum Gasteiger partial charge on any atom is 0.256 e. The highest BCUT2D eigenvalue weighted by molar-refractivity contribution is 6.06. The lowest BCUT2D eigenvalue weighted by Crippen LogP contribution is -2.33. The molecule has 3 aromatic rings. The van der Waals surface area contributed by atoms with Gasteiger partial charge in [0.25, 0.3) is 5.91 Å². The van der Waals surface area contributed by atoms with Gasteiger partial charge in [-0.3, -0.25) is 4.79 Å². The number of nitrogens with zero attached hydrogens (tertiary/aromatic N) is 5. The van der Waals surface area contributed by atoms with E-state index < -0.39 is 31.1 Å². The monoisotopic (exact) mass is 372 g/mol. The van der Waals surface area contributed by atoms with E-state index in [1.54, 1.807) is 30.3 Å². The minimum absolute atomic E-state index is 0.145. The van der Waals surface area contributed by atoms with Crippen molar-refractivity contribution in [2.75, 3.05) is 11.9 Å². The Morgan fingerprint density at radius 3 is 2.67 bits per heavy atom. The Balaban J connectivity index is 1.65. The third-order valence-corrected chi connectivity index (χ3v) is 4.29. The van der Waals surface area contributed by atoms with E-state index in [1.165, 1.54) is 11.0 Å². The molecule has 4 N–H and O–H groups in total. The lowest BCUT2D eigenvalue weighted by molar-refractivity contribution is -0.0574. The molecule has 1 aliphatic rings. The molecule has 27 heavy (non-hydrogen) atoms. The molecular weight excluding hydrogens is 356 g/mol. The summed E-state index contributed by atoms with van der Waals surface area (Å²) >= 11 is 0. The average Bonchev–Trinajstić information content (AvgIpc) is 3.25. The van der Waals surface area contributed by atoms with Gasteiger partial charge in [-0.15, -0.1) is 5.10 Å². The summed E-state index contributed by atoms with van der Waals surface area (Å²) in [5, 5.41) is 39.8. The summed E-state index contributed by atoms with van der Waals surface area (Å²) < 4.78 is 6.62. The van der Waals surface area contributed by atoms with Crippen molar-refractivity contribution in [1.29, 1.82) is 0 Å². The summed E-state index contributed by atoms with van der Waals surface area (Å²) in [4.78, 5) is 20.4. The molecule has 1 aromatic carbocycles. The van der Waals surface area contributed by atoms with Crippen LogP contribution in [0, 0.1) is 0 Å². The Morgan fingerprint density at radius 2 is 1.96 bits per heavy atom. The van der Waals surface area contributed by atoms with Crippen LogP contribution in [0.2, 0.25) is 0 Å². The second kappa shape index (κ2) is 6.96. The zero-order valence-electron chi connectivity index (χ0n) is 13.9. The van der Waals surface area contributed by atoms with Crippen LogP contribution in [-0.4, -0.2) is 71.1 Å². The first-order valence-electron chi connectivity index (χ1n) is 8.15. The third kappa shape index (κ3) is 3.02. The highest BCUT2D eigenvalue weighted by Gasteiger charge is 2.44. The van der Waals surface area contributed by atoms with Crippen LogP contribution in [0.4, 0.5) is 5.82 Å². The van der Waals surface area contributed by atoms with Crippen molar-refractivity contribution in [2.45, 2.75) is 24.5 Å². The predicted molar refractivity (Wildman–Crippen MR) is 90.5 cm³/mol. The van der Waals surface area contributed by atoms with Gasteiger partial charge in [-0.1, -0.05) is 23.4 Å². The van der Waals surface area contributed by atoms with Gasteiger partial charge in [-0.05, 0) is 12.1 Å². The van der Waals surface area contributed by atoms with Gasteiger partial charge in [0.1, 0.15) is 24.6 Å². The van der Waals surface area contributed by atoms with E-state index in [4.69, 9.17) is 4.74 Å². The number of amides is 1. The minimum atomic E-state index is -1.33. The van der Waals surface area contributed by atoms with E-state index in [1.807, 2.05) is 0 Å². The van der Waals surface area contributed by atoms with E-state index in [9.17, 15) is 20.1 Å². The van der Waals surface area contributed by atoms with Gasteiger partial charge in [0.2, 0.25) is 0 Å². The van der Waals surface area contributed by atoms with Crippen molar-refractivity contribution in [1.82, 2.24) is 25.0 Å². The number of rotatable bonds is 4. The summed E-state index contributed by atoms with van der Waals surface area (Å²) in [6, 6.07) is 8.59. The van der Waals surface area contributed by atoms with Crippen LogP contribution in [0.25, 0.3) is 11.2 Å². The third-order valence-electron chi connectivity index (χ3n) is 4.29. The van der Waals surface area contributed by atoms with Gasteiger partial charge in [-0.2, -0.15) is 4.68 Å². The van der Waals surface area contributed by atoms with E-state index in [0.29, 0.717) is 5.56 Å². The molecule has 0 spiro atoms. The fourth-order valence-electron chi connectivity index (χ4n) is 2.88. The van der Waals surface area contributed by atoms with E-state index >= 15 is 0 Å². The van der Waals surface area contributed by atoms with Crippen LogP contribution < -0.4 is 5.32 Å². The second-order valence-electron chi connectivity index (χ2n) is 5.98. The Hall–Kier alpha value is -2.99. The molecule has 140 valence electrons. The molecule has 0 radical (unpaired) electrons. The number of hydrogen-bond donors (Lipinski definition) is 4. The first-order valence-corrected chi connectivity index (χ1v) is 8.15. The highest BCUT2D eigenvalue weighted by Crippen LogP contribution is 2.31. The van der Waals surface area contributed by atoms with Crippen molar-refractivity contribution in [3.05, 3.63) is 42.2 Å². The van der Waals surface area contributed by atoms with Crippen LogP contribution >= 0.6 is 0 Å². The van der Waals surface area contributed by atoms with Crippen LogP contribution in [-0.2, 0) is 4.74 Å². The van der Waals surface area contributed by atoms with Crippen LogP contribution in [0.1, 0.15) is 16.6 Å². The van der Waals surface area contributed by atoms with Crippen molar-refractivity contribution in [3.8, 4) is 0 Å². The largest absolute Gasteiger partial charge is 0.394 e. The zero-order chi connectivity index (χ0) is 19.0. The maximum atomic E-state index is 12.3. The number of hydrogen-bond acceptors (Lipinski definition) is 9. The van der Waals surface area contributed by atoms with Gasteiger partial charge >= 0.3 is 0 Å². The molecule has 4 atom stereocenters. The number of aliphatic hydroxyl groups excluding tert-OH is 3. The molecule has 1 aliphatic heterocycles. The molecule has 0 bridgehead atoms. The summed E-state index contributed by atoms with van der Waals surface area (Å²) in [5.74, 6) is -0.232. The summed E-state index contributed by atoms with van der Waals surface area (Å²) in [7, 11) is 0. The quantitative estimate of drug-likeness (QED) is 0.455. The first kappa shape index (κ1) is 17.4. The Morgan fingerprint density at radius 1 is 1.19 bits per heavy atom. The van der Waals surface area contributed by atoms with E-state index in [2.05, 4.69) is 25.6 Å². The number of nitrogens with one attached hydrogen (secondary N) is 1. The molecule has 1 unspecified atom stereocenters. The number of fused-ring (bicyclic) bond motifs is 1. The molecule has 0 aliphatic carbocycles. The van der Waals surface area contributed by atoms with Crippen LogP contribution in [0.15, 0.2) is 36.7 Å². The number of carbonyl (C=O) groups excluding carboxylic acids is 1. The molecule has 0 saturated carbocycles. The maximum absolute atomic E-state index is 12.3. The summed E-state index contributed by atoms with van der Waals surface area (Å²) in [6.07, 6.45) is -3.44. The number of aliphatic hydroxyl groups is 3. The molecule has 4 rings (SSSR count). The Bertz CT molecular complexity index is 964. The lowest BCUT2D eigenvalue weighted by atomic mass is 10.1. The highest BCUT2D eigenvalue weighted by atomic mass is 16.6. The lowest BCUT2D eigenvalue weighted by Gasteiger charge is -2.14. The number of carbonyl (C=O) groups is 1. The minimum Gasteiger partial charge on any atom is -0.394 e.